The van der Waals surface area contributed by atoms with Crippen LogP contribution in [0.5, 0.6) is 11.5 Å². The molecule has 124 valence electrons. The molecule has 1 aliphatic heterocycles. The van der Waals surface area contributed by atoms with Crippen LogP contribution in [0.15, 0.2) is 18.2 Å². The van der Waals surface area contributed by atoms with Crippen molar-refractivity contribution in [1.82, 2.24) is 10.6 Å². The molecule has 0 bridgehead atoms. The predicted molar refractivity (Wildman–Crippen MR) is 84.6 cm³/mol. The fraction of sp³-hybridized carbons (Fsp3) is 0.500. The SMILES string of the molecule is O=C(CNC(=O)NCC1CCCC1)Nc1cccc2c1OCO2. The Hall–Kier alpha value is -2.44. The average Bonchev–Trinajstić information content (AvgIpc) is 3.22. The molecule has 0 radical (unpaired) electrons. The Bertz CT molecular complexity index is 585. The molecule has 3 N–H and O–H groups in total. The molecule has 1 heterocycles. The molecule has 7 nitrogen and oxygen atoms in total. The quantitative estimate of drug-likeness (QED) is 0.772. The zero-order valence-electron chi connectivity index (χ0n) is 12.9. The van der Waals surface area contributed by atoms with Crippen LogP contribution in [0.4, 0.5) is 10.5 Å². The van der Waals surface area contributed by atoms with Gasteiger partial charge >= 0.3 is 6.03 Å². The lowest BCUT2D eigenvalue weighted by molar-refractivity contribution is -0.115. The van der Waals surface area contributed by atoms with Gasteiger partial charge in [-0.1, -0.05) is 18.9 Å². The monoisotopic (exact) mass is 319 g/mol. The summed E-state index contributed by atoms with van der Waals surface area (Å²) >= 11 is 0. The maximum atomic E-state index is 11.9. The molecule has 2 aliphatic rings. The Balaban J connectivity index is 1.41. The van der Waals surface area contributed by atoms with Crippen molar-refractivity contribution < 1.29 is 19.1 Å². The molecule has 1 aromatic rings. The minimum atomic E-state index is -0.315. The van der Waals surface area contributed by atoms with E-state index in [4.69, 9.17) is 9.47 Å². The number of para-hydroxylation sites is 1. The summed E-state index contributed by atoms with van der Waals surface area (Å²) in [6, 6.07) is 4.95. The van der Waals surface area contributed by atoms with Gasteiger partial charge in [-0.15, -0.1) is 0 Å². The van der Waals surface area contributed by atoms with Crippen molar-refractivity contribution in [3.05, 3.63) is 18.2 Å². The van der Waals surface area contributed by atoms with E-state index < -0.39 is 0 Å². The fourth-order valence-electron chi connectivity index (χ4n) is 2.90. The van der Waals surface area contributed by atoms with E-state index in [1.165, 1.54) is 25.7 Å². The molecule has 0 saturated heterocycles. The summed E-state index contributed by atoms with van der Waals surface area (Å²) in [5.74, 6) is 1.38. The second-order valence-corrected chi connectivity index (χ2v) is 5.80. The molecular formula is C16H21N3O4. The highest BCUT2D eigenvalue weighted by Crippen LogP contribution is 2.38. The second-order valence-electron chi connectivity index (χ2n) is 5.80. The molecule has 3 amide bonds. The lowest BCUT2D eigenvalue weighted by atomic mass is 10.1. The van der Waals surface area contributed by atoms with Gasteiger partial charge in [0.15, 0.2) is 11.5 Å². The van der Waals surface area contributed by atoms with Crippen LogP contribution in [0, 0.1) is 5.92 Å². The number of amides is 3. The van der Waals surface area contributed by atoms with Crippen LogP contribution in [-0.4, -0.2) is 31.8 Å². The average molecular weight is 319 g/mol. The molecule has 0 spiro atoms. The first-order chi connectivity index (χ1) is 11.2. The summed E-state index contributed by atoms with van der Waals surface area (Å²) in [5, 5.41) is 8.08. The molecule has 23 heavy (non-hydrogen) atoms. The molecule has 1 saturated carbocycles. The van der Waals surface area contributed by atoms with Gasteiger partial charge in [-0.2, -0.15) is 0 Å². The van der Waals surface area contributed by atoms with Crippen molar-refractivity contribution in [2.45, 2.75) is 25.7 Å². The molecule has 3 rings (SSSR count). The Labute approximate surface area is 134 Å². The first-order valence-corrected chi connectivity index (χ1v) is 7.92. The third-order valence-electron chi connectivity index (χ3n) is 4.11. The zero-order chi connectivity index (χ0) is 16.1. The number of fused-ring (bicyclic) bond motifs is 1. The minimum Gasteiger partial charge on any atom is -0.454 e. The number of rotatable bonds is 5. The van der Waals surface area contributed by atoms with Crippen LogP contribution in [0.1, 0.15) is 25.7 Å². The number of carbonyl (C=O) groups excluding carboxylic acids is 2. The Morgan fingerprint density at radius 1 is 1.13 bits per heavy atom. The van der Waals surface area contributed by atoms with E-state index in [1.54, 1.807) is 18.2 Å². The van der Waals surface area contributed by atoms with Gasteiger partial charge in [0, 0.05) is 6.54 Å². The highest BCUT2D eigenvalue weighted by atomic mass is 16.7. The van der Waals surface area contributed by atoms with Crippen LogP contribution < -0.4 is 25.4 Å². The van der Waals surface area contributed by atoms with Crippen LogP contribution in [0.25, 0.3) is 0 Å². The van der Waals surface area contributed by atoms with Crippen molar-refractivity contribution in [2.75, 3.05) is 25.2 Å². The van der Waals surface area contributed by atoms with Gasteiger partial charge in [0.1, 0.15) is 0 Å². The molecule has 1 aliphatic carbocycles. The van der Waals surface area contributed by atoms with E-state index in [0.717, 1.165) is 0 Å². The summed E-state index contributed by atoms with van der Waals surface area (Å²) in [6.45, 7) is 0.718. The van der Waals surface area contributed by atoms with Gasteiger partial charge in [-0.25, -0.2) is 4.79 Å². The molecule has 7 heteroatoms. The largest absolute Gasteiger partial charge is 0.454 e. The van der Waals surface area contributed by atoms with E-state index in [0.29, 0.717) is 29.6 Å². The molecule has 1 aromatic carbocycles. The van der Waals surface area contributed by atoms with Gasteiger partial charge in [-0.05, 0) is 30.9 Å². The number of hydrogen-bond acceptors (Lipinski definition) is 4. The molecule has 0 atom stereocenters. The highest BCUT2D eigenvalue weighted by molar-refractivity contribution is 5.96. The van der Waals surface area contributed by atoms with Gasteiger partial charge < -0.3 is 25.4 Å². The molecular weight excluding hydrogens is 298 g/mol. The number of nitrogens with one attached hydrogen (secondary N) is 3. The minimum absolute atomic E-state index is 0.0962. The van der Waals surface area contributed by atoms with Gasteiger partial charge in [0.05, 0.1) is 12.2 Å². The van der Waals surface area contributed by atoms with E-state index in [-0.39, 0.29) is 25.3 Å². The Morgan fingerprint density at radius 2 is 1.96 bits per heavy atom. The predicted octanol–water partition coefficient (Wildman–Crippen LogP) is 1.84. The summed E-state index contributed by atoms with van der Waals surface area (Å²) in [4.78, 5) is 23.6. The number of ether oxygens (including phenoxy) is 2. The molecule has 0 aromatic heterocycles. The van der Waals surface area contributed by atoms with E-state index >= 15 is 0 Å². The number of anilines is 1. The summed E-state index contributed by atoms with van der Waals surface area (Å²) < 4.78 is 10.6. The van der Waals surface area contributed by atoms with Gasteiger partial charge in [-0.3, -0.25) is 4.79 Å². The summed E-state index contributed by atoms with van der Waals surface area (Å²) in [6.07, 6.45) is 4.82. The standard InChI is InChI=1S/C16H21N3O4/c20-14(9-18-16(21)17-8-11-4-1-2-5-11)19-12-6-3-7-13-15(12)23-10-22-13/h3,6-7,11H,1-2,4-5,8-10H2,(H,19,20)(H2,17,18,21). The fourth-order valence-corrected chi connectivity index (χ4v) is 2.90. The zero-order valence-corrected chi connectivity index (χ0v) is 12.9. The van der Waals surface area contributed by atoms with Crippen molar-refractivity contribution in [3.8, 4) is 11.5 Å². The third kappa shape index (κ3) is 4.06. The Kier molecular flexibility index (Phi) is 4.85. The van der Waals surface area contributed by atoms with Gasteiger partial charge in [0.25, 0.3) is 0 Å². The van der Waals surface area contributed by atoms with E-state index in [9.17, 15) is 9.59 Å². The number of hydrogen-bond donors (Lipinski definition) is 3. The maximum Gasteiger partial charge on any atom is 0.315 e. The Morgan fingerprint density at radius 3 is 2.78 bits per heavy atom. The lowest BCUT2D eigenvalue weighted by Gasteiger charge is -2.12. The van der Waals surface area contributed by atoms with E-state index in [1.807, 2.05) is 0 Å². The normalized spacial score (nSPS) is 16.2. The highest BCUT2D eigenvalue weighted by Gasteiger charge is 2.19. The molecule has 1 fully saturated rings. The third-order valence-corrected chi connectivity index (χ3v) is 4.11. The van der Waals surface area contributed by atoms with Crippen LogP contribution in [-0.2, 0) is 4.79 Å². The summed E-state index contributed by atoms with van der Waals surface area (Å²) in [7, 11) is 0. The van der Waals surface area contributed by atoms with Crippen molar-refractivity contribution >= 4 is 17.6 Å². The van der Waals surface area contributed by atoms with Crippen LogP contribution >= 0.6 is 0 Å². The maximum absolute atomic E-state index is 11.9. The number of benzene rings is 1. The van der Waals surface area contributed by atoms with E-state index in [2.05, 4.69) is 16.0 Å². The van der Waals surface area contributed by atoms with Crippen molar-refractivity contribution in [3.63, 3.8) is 0 Å². The topological polar surface area (TPSA) is 88.7 Å². The number of carbonyl (C=O) groups is 2. The smallest absolute Gasteiger partial charge is 0.315 e. The van der Waals surface area contributed by atoms with Crippen molar-refractivity contribution in [1.29, 1.82) is 0 Å². The lowest BCUT2D eigenvalue weighted by Crippen LogP contribution is -2.41. The second kappa shape index (κ2) is 7.21. The van der Waals surface area contributed by atoms with Crippen LogP contribution in [0.2, 0.25) is 0 Å². The first-order valence-electron chi connectivity index (χ1n) is 7.92. The summed E-state index contributed by atoms with van der Waals surface area (Å²) in [5.41, 5.74) is 0.540. The first kappa shape index (κ1) is 15.5. The number of urea groups is 1. The molecule has 0 unspecified atom stereocenters. The van der Waals surface area contributed by atoms with Gasteiger partial charge in [0.2, 0.25) is 12.7 Å². The van der Waals surface area contributed by atoms with Crippen LogP contribution in [0.3, 0.4) is 0 Å². The van der Waals surface area contributed by atoms with Crippen molar-refractivity contribution in [2.24, 2.45) is 5.92 Å².